The van der Waals surface area contributed by atoms with Gasteiger partial charge in [-0.3, -0.25) is 9.59 Å². The van der Waals surface area contributed by atoms with E-state index in [1.807, 2.05) is 13.8 Å². The number of amides is 2. The van der Waals surface area contributed by atoms with Crippen molar-refractivity contribution in [3.05, 3.63) is 5.76 Å². The number of nitrogens with two attached hydrogens (primary N) is 1. The van der Waals surface area contributed by atoms with E-state index in [4.69, 9.17) is 15.0 Å². The average Bonchev–Trinajstić information content (AvgIpc) is 3.38. The number of hydrogen-bond acceptors (Lipinski definition) is 6. The maximum Gasteiger partial charge on any atom is 0.291 e. The van der Waals surface area contributed by atoms with E-state index < -0.39 is 5.41 Å². The van der Waals surface area contributed by atoms with E-state index in [0.717, 1.165) is 24.7 Å². The van der Waals surface area contributed by atoms with Gasteiger partial charge >= 0.3 is 0 Å². The minimum Gasteiger partial charge on any atom is -0.474 e. The number of nitrogens with one attached hydrogen (secondary N) is 1. The van der Waals surface area contributed by atoms with Crippen LogP contribution in [-0.2, 0) is 4.79 Å². The zero-order valence-corrected chi connectivity index (χ0v) is 18.5. The van der Waals surface area contributed by atoms with E-state index in [1.165, 1.54) is 43.9 Å². The van der Waals surface area contributed by atoms with Gasteiger partial charge < -0.3 is 20.3 Å². The zero-order valence-electron chi connectivity index (χ0n) is 17.7. The zero-order chi connectivity index (χ0) is 21.0. The minimum absolute atomic E-state index is 0.178. The molecule has 0 unspecified atom stereocenters. The second-order valence-corrected chi connectivity index (χ2v) is 11.8. The molecule has 4 bridgehead atoms. The number of hydrogen-bond donors (Lipinski definition) is 2. The molecule has 3 N–H and O–H groups in total. The molecule has 1 aromatic rings. The van der Waals surface area contributed by atoms with Crippen LogP contribution in [0, 0.1) is 29.1 Å². The Morgan fingerprint density at radius 2 is 1.83 bits per heavy atom. The maximum absolute atomic E-state index is 13.2. The molecule has 30 heavy (non-hydrogen) atoms. The number of ether oxygens (including phenoxy) is 1. The number of rotatable bonds is 8. The third-order valence-corrected chi connectivity index (χ3v) is 8.63. The SMILES string of the molecule is CC(C)Sc1c(OCC2(C(N)=O)CC2)noc1C(=O)NC1C2CC3CC(C2)CC1C3. The van der Waals surface area contributed by atoms with Crippen LogP contribution in [-0.4, -0.2) is 34.9 Å². The second-order valence-electron chi connectivity index (χ2n) is 10.2. The highest BCUT2D eigenvalue weighted by atomic mass is 32.2. The Kier molecular flexibility index (Phi) is 5.03. The van der Waals surface area contributed by atoms with E-state index >= 15 is 0 Å². The van der Waals surface area contributed by atoms with Crippen LogP contribution in [0.2, 0.25) is 0 Å². The summed E-state index contributed by atoms with van der Waals surface area (Å²) in [6.45, 7) is 4.27. The summed E-state index contributed by atoms with van der Waals surface area (Å²) in [6.07, 6.45) is 7.81. The van der Waals surface area contributed by atoms with Crippen molar-refractivity contribution in [2.24, 2.45) is 34.8 Å². The molecule has 0 saturated heterocycles. The first-order chi connectivity index (χ1) is 14.3. The molecule has 1 aromatic heterocycles. The van der Waals surface area contributed by atoms with Crippen molar-refractivity contribution in [2.75, 3.05) is 6.61 Å². The maximum atomic E-state index is 13.2. The highest BCUT2D eigenvalue weighted by Gasteiger charge is 2.50. The molecule has 0 atom stereocenters. The van der Waals surface area contributed by atoms with Crippen LogP contribution in [0.1, 0.15) is 69.3 Å². The normalized spacial score (nSPS) is 33.0. The molecule has 2 amide bonds. The lowest BCUT2D eigenvalue weighted by Crippen LogP contribution is -2.55. The van der Waals surface area contributed by atoms with Gasteiger partial charge in [-0.15, -0.1) is 11.8 Å². The van der Waals surface area contributed by atoms with Gasteiger partial charge in [0.1, 0.15) is 11.5 Å². The molecule has 0 aliphatic heterocycles. The van der Waals surface area contributed by atoms with Gasteiger partial charge in [0.25, 0.3) is 11.8 Å². The molecule has 5 aliphatic carbocycles. The first kappa shape index (κ1) is 20.2. The lowest BCUT2D eigenvalue weighted by Gasteiger charge is -2.54. The molecule has 6 rings (SSSR count). The molecule has 5 aliphatic rings. The van der Waals surface area contributed by atoms with Gasteiger partial charge in [0.15, 0.2) is 0 Å². The van der Waals surface area contributed by atoms with E-state index in [-0.39, 0.29) is 41.4 Å². The first-order valence-electron chi connectivity index (χ1n) is 11.2. The van der Waals surface area contributed by atoms with Gasteiger partial charge in [-0.05, 0) is 73.8 Å². The Hall–Kier alpha value is -1.70. The van der Waals surface area contributed by atoms with E-state index in [9.17, 15) is 9.59 Å². The third-order valence-electron chi connectivity index (χ3n) is 7.57. The first-order valence-corrected chi connectivity index (χ1v) is 12.1. The molecule has 0 aromatic carbocycles. The molecule has 7 nitrogen and oxygen atoms in total. The van der Waals surface area contributed by atoms with Crippen LogP contribution in [0.15, 0.2) is 9.42 Å². The topological polar surface area (TPSA) is 107 Å². The van der Waals surface area contributed by atoms with Crippen molar-refractivity contribution in [3.8, 4) is 5.88 Å². The fourth-order valence-electron chi connectivity index (χ4n) is 6.04. The van der Waals surface area contributed by atoms with Crippen LogP contribution >= 0.6 is 11.8 Å². The van der Waals surface area contributed by atoms with E-state index in [0.29, 0.717) is 16.7 Å². The summed E-state index contributed by atoms with van der Waals surface area (Å²) < 4.78 is 11.3. The largest absolute Gasteiger partial charge is 0.474 e. The lowest BCUT2D eigenvalue weighted by atomic mass is 9.54. The highest BCUT2D eigenvalue weighted by molar-refractivity contribution is 8.00. The number of carbonyl (C=O) groups excluding carboxylic acids is 2. The van der Waals surface area contributed by atoms with Gasteiger partial charge in [-0.25, -0.2) is 0 Å². The molecular weight excluding hydrogens is 402 g/mol. The lowest BCUT2D eigenvalue weighted by molar-refractivity contribution is -0.124. The van der Waals surface area contributed by atoms with Crippen molar-refractivity contribution in [1.29, 1.82) is 0 Å². The summed E-state index contributed by atoms with van der Waals surface area (Å²) in [6, 6.07) is 0.237. The third kappa shape index (κ3) is 3.61. The summed E-state index contributed by atoms with van der Waals surface area (Å²) >= 11 is 1.50. The van der Waals surface area contributed by atoms with Crippen LogP contribution in [0.3, 0.4) is 0 Å². The Labute approximate surface area is 181 Å². The average molecular weight is 434 g/mol. The van der Waals surface area contributed by atoms with E-state index in [1.54, 1.807) is 0 Å². The molecule has 0 spiro atoms. The molecule has 164 valence electrons. The van der Waals surface area contributed by atoms with Gasteiger partial charge in [-0.1, -0.05) is 13.8 Å². The minimum atomic E-state index is -0.596. The van der Waals surface area contributed by atoms with Crippen molar-refractivity contribution in [3.63, 3.8) is 0 Å². The smallest absolute Gasteiger partial charge is 0.291 e. The van der Waals surface area contributed by atoms with Crippen LogP contribution in [0.4, 0.5) is 0 Å². The number of aromatic nitrogens is 1. The van der Waals surface area contributed by atoms with Crippen LogP contribution in [0.5, 0.6) is 5.88 Å². The predicted molar refractivity (Wildman–Crippen MR) is 112 cm³/mol. The molecule has 0 radical (unpaired) electrons. The van der Waals surface area contributed by atoms with Crippen molar-refractivity contribution in [2.45, 2.75) is 75.0 Å². The molecule has 5 saturated carbocycles. The highest BCUT2D eigenvalue weighted by Crippen LogP contribution is 2.54. The summed E-state index contributed by atoms with van der Waals surface area (Å²) in [5.41, 5.74) is 4.90. The van der Waals surface area contributed by atoms with Crippen molar-refractivity contribution < 1.29 is 18.8 Å². The Morgan fingerprint density at radius 3 is 2.37 bits per heavy atom. The molecular formula is C22H31N3O4S. The summed E-state index contributed by atoms with van der Waals surface area (Å²) in [5, 5.41) is 7.55. The molecule has 8 heteroatoms. The summed E-state index contributed by atoms with van der Waals surface area (Å²) in [4.78, 5) is 25.5. The van der Waals surface area contributed by atoms with Crippen molar-refractivity contribution in [1.82, 2.24) is 10.5 Å². The molecule has 1 heterocycles. The summed E-state index contributed by atoms with van der Waals surface area (Å²) in [5.74, 6) is 2.87. The van der Waals surface area contributed by atoms with E-state index in [2.05, 4.69) is 10.5 Å². The van der Waals surface area contributed by atoms with Gasteiger partial charge in [-0.2, -0.15) is 0 Å². The number of nitrogens with zero attached hydrogens (tertiary/aromatic N) is 1. The quantitative estimate of drug-likeness (QED) is 0.609. The van der Waals surface area contributed by atoms with Crippen LogP contribution < -0.4 is 15.8 Å². The van der Waals surface area contributed by atoms with Gasteiger partial charge in [0, 0.05) is 11.3 Å². The summed E-state index contributed by atoms with van der Waals surface area (Å²) in [7, 11) is 0. The standard InChI is InChI=1S/C22H31N3O4S/c1-11(2)30-18-17(29-25-20(18)28-10-22(3-4-22)21(23)27)19(26)24-16-14-6-12-5-13(8-14)9-15(16)7-12/h11-16H,3-10H2,1-2H3,(H2,23,27)(H,24,26). The van der Waals surface area contributed by atoms with Gasteiger partial charge in [0.2, 0.25) is 11.7 Å². The fourth-order valence-corrected chi connectivity index (χ4v) is 6.95. The number of thioether (sulfide) groups is 1. The second kappa shape index (κ2) is 7.46. The van der Waals surface area contributed by atoms with Crippen molar-refractivity contribution >= 4 is 23.6 Å². The Bertz CT molecular complexity index is 819. The van der Waals surface area contributed by atoms with Gasteiger partial charge in [0.05, 0.1) is 5.41 Å². The Morgan fingerprint density at radius 1 is 1.20 bits per heavy atom. The predicted octanol–water partition coefficient (Wildman–Crippen LogP) is 3.37. The van der Waals surface area contributed by atoms with Crippen LogP contribution in [0.25, 0.3) is 0 Å². The fraction of sp³-hybridized carbons (Fsp3) is 0.773. The monoisotopic (exact) mass is 433 g/mol. The molecule has 5 fully saturated rings. The number of carbonyl (C=O) groups is 2. The number of primary amides is 1. The Balaban J connectivity index is 1.31.